The number of hydrogen-bond donors (Lipinski definition) is 0. The molecule has 4 nitrogen and oxygen atoms in total. The van der Waals surface area contributed by atoms with Crippen LogP contribution in [-0.2, 0) is 0 Å². The lowest BCUT2D eigenvalue weighted by Gasteiger charge is -2.33. The van der Waals surface area contributed by atoms with Crippen LogP contribution in [-0.4, -0.2) is 0 Å². The molecular formula is C32H17N3OS. The molecule has 0 bridgehead atoms. The zero-order valence-corrected chi connectivity index (χ0v) is 20.3. The van der Waals surface area contributed by atoms with Crippen molar-refractivity contribution in [1.29, 1.82) is 10.5 Å². The summed E-state index contributed by atoms with van der Waals surface area (Å²) in [5.41, 5.74) is 5.31. The molecule has 37 heavy (non-hydrogen) atoms. The lowest BCUT2D eigenvalue weighted by Crippen LogP contribution is -2.15. The number of nitrogens with zero attached hydrogens (tertiary/aromatic N) is 3. The van der Waals surface area contributed by atoms with Crippen LogP contribution in [0.3, 0.4) is 0 Å². The Bertz CT molecular complexity index is 1880. The summed E-state index contributed by atoms with van der Waals surface area (Å²) in [6.07, 6.45) is 0. The van der Waals surface area contributed by atoms with E-state index in [0.717, 1.165) is 54.3 Å². The molecule has 0 aliphatic carbocycles. The Morgan fingerprint density at radius 2 is 1.27 bits per heavy atom. The fraction of sp³-hybridized carbons (Fsp3) is 0. The third kappa shape index (κ3) is 3.19. The topological polar surface area (TPSA) is 60.0 Å². The molecule has 0 saturated carbocycles. The van der Waals surface area contributed by atoms with Gasteiger partial charge in [-0.2, -0.15) is 10.5 Å². The number of thiophene rings is 1. The minimum Gasteiger partial charge on any atom is -0.453 e. The van der Waals surface area contributed by atoms with Gasteiger partial charge in [0.25, 0.3) is 0 Å². The summed E-state index contributed by atoms with van der Waals surface area (Å²) in [5, 5.41) is 22.2. The largest absolute Gasteiger partial charge is 0.453 e. The highest BCUT2D eigenvalue weighted by molar-refractivity contribution is 7.26. The number of para-hydroxylation sites is 4. The molecule has 0 unspecified atom stereocenters. The van der Waals surface area contributed by atoms with E-state index in [9.17, 15) is 10.5 Å². The molecule has 0 amide bonds. The summed E-state index contributed by atoms with van der Waals surface area (Å²) in [7, 11) is 0. The highest BCUT2D eigenvalue weighted by Crippen LogP contribution is 2.52. The molecule has 0 radical (unpaired) electrons. The average molecular weight is 492 g/mol. The third-order valence-corrected chi connectivity index (χ3v) is 7.95. The normalized spacial score (nSPS) is 11.9. The molecule has 0 fully saturated rings. The maximum absolute atomic E-state index is 10.0. The Balaban J connectivity index is 1.62. The second kappa shape index (κ2) is 8.24. The standard InChI is InChI=1S/C32H17N3OS/c33-18-20-8-7-9-21(19-34)31(20)25-17-22(16-24-23-10-1-6-15-30(23)37-32(24)25)35-26-11-2-4-13-28(26)36-29-14-5-3-12-27(29)35/h1-17H. The van der Waals surface area contributed by atoms with Crippen LogP contribution in [0.5, 0.6) is 11.5 Å². The summed E-state index contributed by atoms with van der Waals surface area (Å²) in [5.74, 6) is 1.54. The number of hydrogen-bond acceptors (Lipinski definition) is 5. The van der Waals surface area contributed by atoms with Gasteiger partial charge in [0.05, 0.1) is 34.6 Å². The third-order valence-electron chi connectivity index (χ3n) is 6.73. The second-order valence-electron chi connectivity index (χ2n) is 8.79. The van der Waals surface area contributed by atoms with Crippen molar-refractivity contribution in [1.82, 2.24) is 0 Å². The molecule has 6 aromatic rings. The Morgan fingerprint density at radius 1 is 0.649 bits per heavy atom. The van der Waals surface area contributed by atoms with E-state index in [1.807, 2.05) is 60.7 Å². The lowest BCUT2D eigenvalue weighted by molar-refractivity contribution is 0.477. The van der Waals surface area contributed by atoms with Crippen molar-refractivity contribution in [3.63, 3.8) is 0 Å². The summed E-state index contributed by atoms with van der Waals surface area (Å²) in [6, 6.07) is 38.6. The Morgan fingerprint density at radius 3 is 1.95 bits per heavy atom. The molecule has 5 heteroatoms. The molecule has 5 aromatic carbocycles. The number of nitriles is 2. The van der Waals surface area contributed by atoms with Gasteiger partial charge in [0.2, 0.25) is 0 Å². The van der Waals surface area contributed by atoms with Gasteiger partial charge in [-0.1, -0.05) is 48.5 Å². The van der Waals surface area contributed by atoms with Gasteiger partial charge < -0.3 is 9.64 Å². The van der Waals surface area contributed by atoms with E-state index in [-0.39, 0.29) is 0 Å². The number of rotatable bonds is 2. The predicted molar refractivity (Wildman–Crippen MR) is 149 cm³/mol. The SMILES string of the molecule is N#Cc1cccc(C#N)c1-c1cc(N2c3ccccc3Oc3ccccc32)cc2c1sc1ccccc12. The first-order valence-electron chi connectivity index (χ1n) is 11.8. The van der Waals surface area contributed by atoms with E-state index >= 15 is 0 Å². The van der Waals surface area contributed by atoms with Gasteiger partial charge in [-0.05, 0) is 54.6 Å². The number of ether oxygens (including phenoxy) is 1. The average Bonchev–Trinajstić information content (AvgIpc) is 3.33. The molecule has 0 spiro atoms. The van der Waals surface area contributed by atoms with Crippen LogP contribution in [0.2, 0.25) is 0 Å². The quantitative estimate of drug-likeness (QED) is 0.242. The molecule has 0 atom stereocenters. The van der Waals surface area contributed by atoms with Crippen LogP contribution < -0.4 is 9.64 Å². The second-order valence-corrected chi connectivity index (χ2v) is 9.85. The molecule has 1 aliphatic rings. The van der Waals surface area contributed by atoms with Crippen molar-refractivity contribution in [3.8, 4) is 34.8 Å². The van der Waals surface area contributed by atoms with E-state index in [1.165, 1.54) is 0 Å². The van der Waals surface area contributed by atoms with E-state index in [1.54, 1.807) is 29.5 Å². The molecule has 2 heterocycles. The minimum atomic E-state index is 0.484. The highest BCUT2D eigenvalue weighted by atomic mass is 32.1. The van der Waals surface area contributed by atoms with Crippen molar-refractivity contribution in [2.45, 2.75) is 0 Å². The van der Waals surface area contributed by atoms with Gasteiger partial charge in [-0.15, -0.1) is 11.3 Å². The van der Waals surface area contributed by atoms with Gasteiger partial charge in [-0.3, -0.25) is 0 Å². The maximum Gasteiger partial charge on any atom is 0.151 e. The highest BCUT2D eigenvalue weighted by Gasteiger charge is 2.27. The van der Waals surface area contributed by atoms with Crippen LogP contribution in [0, 0.1) is 22.7 Å². The fourth-order valence-corrected chi connectivity index (χ4v) is 6.34. The zero-order valence-electron chi connectivity index (χ0n) is 19.5. The van der Waals surface area contributed by atoms with Crippen molar-refractivity contribution in [2.75, 3.05) is 4.90 Å². The molecule has 7 rings (SSSR count). The Kier molecular flexibility index (Phi) is 4.72. The van der Waals surface area contributed by atoms with Crippen LogP contribution in [0.25, 0.3) is 31.3 Å². The molecule has 172 valence electrons. The van der Waals surface area contributed by atoms with Crippen LogP contribution in [0.1, 0.15) is 11.1 Å². The number of benzene rings is 5. The molecule has 0 saturated heterocycles. The van der Waals surface area contributed by atoms with E-state index in [0.29, 0.717) is 16.7 Å². The van der Waals surface area contributed by atoms with E-state index in [2.05, 4.69) is 41.3 Å². The maximum atomic E-state index is 10.0. The van der Waals surface area contributed by atoms with E-state index in [4.69, 9.17) is 4.74 Å². The molecule has 1 aromatic heterocycles. The smallest absolute Gasteiger partial charge is 0.151 e. The Labute approximate surface area is 217 Å². The van der Waals surface area contributed by atoms with Gasteiger partial charge in [-0.25, -0.2) is 0 Å². The van der Waals surface area contributed by atoms with Gasteiger partial charge in [0.15, 0.2) is 11.5 Å². The summed E-state index contributed by atoms with van der Waals surface area (Å²) in [6.45, 7) is 0. The fourth-order valence-electron chi connectivity index (χ4n) is 5.14. The number of anilines is 3. The Hall–Kier alpha value is -5.10. The summed E-state index contributed by atoms with van der Waals surface area (Å²) < 4.78 is 8.45. The molecule has 1 aliphatic heterocycles. The monoisotopic (exact) mass is 491 g/mol. The predicted octanol–water partition coefficient (Wildman–Crippen LogP) is 9.04. The van der Waals surface area contributed by atoms with Crippen molar-refractivity contribution in [2.24, 2.45) is 0 Å². The van der Waals surface area contributed by atoms with Crippen molar-refractivity contribution in [3.05, 3.63) is 114 Å². The van der Waals surface area contributed by atoms with Gasteiger partial charge in [0, 0.05) is 37.0 Å². The van der Waals surface area contributed by atoms with E-state index < -0.39 is 0 Å². The summed E-state index contributed by atoms with van der Waals surface area (Å²) in [4.78, 5) is 2.20. The lowest BCUT2D eigenvalue weighted by atomic mass is 9.93. The molecular weight excluding hydrogens is 474 g/mol. The van der Waals surface area contributed by atoms with Crippen LogP contribution >= 0.6 is 11.3 Å². The van der Waals surface area contributed by atoms with Gasteiger partial charge in [0.1, 0.15) is 0 Å². The van der Waals surface area contributed by atoms with Gasteiger partial charge >= 0.3 is 0 Å². The van der Waals surface area contributed by atoms with Crippen molar-refractivity contribution >= 4 is 48.6 Å². The first-order chi connectivity index (χ1) is 18.3. The van der Waals surface area contributed by atoms with Crippen LogP contribution in [0.4, 0.5) is 17.1 Å². The van der Waals surface area contributed by atoms with Crippen LogP contribution in [0.15, 0.2) is 103 Å². The molecule has 0 N–H and O–H groups in total. The zero-order chi connectivity index (χ0) is 24.9. The number of fused-ring (bicyclic) bond motifs is 5. The minimum absolute atomic E-state index is 0.484. The summed E-state index contributed by atoms with van der Waals surface area (Å²) >= 11 is 1.69. The first kappa shape index (κ1) is 21.2. The first-order valence-corrected chi connectivity index (χ1v) is 12.6. The van der Waals surface area contributed by atoms with Crippen molar-refractivity contribution < 1.29 is 4.74 Å².